The van der Waals surface area contributed by atoms with Gasteiger partial charge in [0.1, 0.15) is 4.90 Å². The fraction of sp³-hybridized carbons (Fsp3) is 0.407. The molecule has 2 atom stereocenters. The lowest BCUT2D eigenvalue weighted by atomic mass is 9.98. The summed E-state index contributed by atoms with van der Waals surface area (Å²) in [5, 5.41) is 3.66. The monoisotopic (exact) mass is 1180 g/mol. The van der Waals surface area contributed by atoms with Gasteiger partial charge in [-0.3, -0.25) is 18.8 Å². The molecule has 16 nitrogen and oxygen atoms in total. The fourth-order valence-corrected chi connectivity index (χ4v) is 14.1. The molecule has 1 amide bonds. The Hall–Kier alpha value is -5.16. The number of likely N-dealkylation sites (tertiary alicyclic amines) is 1. The van der Waals surface area contributed by atoms with Gasteiger partial charge in [0.2, 0.25) is 6.79 Å². The van der Waals surface area contributed by atoms with Crippen molar-refractivity contribution in [2.24, 2.45) is 5.92 Å². The van der Waals surface area contributed by atoms with Gasteiger partial charge in [0.15, 0.2) is 0 Å². The third-order valence-corrected chi connectivity index (χ3v) is 19.5. The first kappa shape index (κ1) is 60.5. The highest BCUT2D eigenvalue weighted by Crippen LogP contribution is 2.51. The number of ether oxygens (including phenoxy) is 2. The molecule has 2 saturated heterocycles. The molecule has 0 radical (unpaired) electrons. The molecule has 0 saturated carbocycles. The molecule has 422 valence electrons. The second-order valence-electron chi connectivity index (χ2n) is 19.1. The summed E-state index contributed by atoms with van der Waals surface area (Å²) in [6, 6.07) is 33.1. The maximum absolute atomic E-state index is 14.4. The Bertz CT molecular complexity index is 3080. The van der Waals surface area contributed by atoms with Crippen LogP contribution in [0.4, 0.5) is 29.3 Å². The van der Waals surface area contributed by atoms with Gasteiger partial charge in [-0.2, -0.15) is 13.2 Å². The number of rotatable bonds is 24. The number of carbonyl (C=O) groups excluding carboxylic acids is 2. The van der Waals surface area contributed by atoms with E-state index >= 15 is 0 Å². The summed E-state index contributed by atoms with van der Waals surface area (Å²) in [7, 11) is -14.7. The number of alkyl halides is 3. The number of piperidine rings is 1. The van der Waals surface area contributed by atoms with Gasteiger partial charge >= 0.3 is 19.3 Å². The molecule has 2 N–H and O–H groups in total. The molecule has 78 heavy (non-hydrogen) atoms. The summed E-state index contributed by atoms with van der Waals surface area (Å²) in [6.07, 6.45) is 0.218. The van der Waals surface area contributed by atoms with Crippen molar-refractivity contribution in [3.8, 4) is 11.1 Å². The minimum atomic E-state index is -6.15. The summed E-state index contributed by atoms with van der Waals surface area (Å²) in [4.78, 5) is 30.5. The van der Waals surface area contributed by atoms with E-state index in [1.165, 1.54) is 29.5 Å². The number of benzene rings is 5. The normalized spacial score (nSPS) is 16.3. The van der Waals surface area contributed by atoms with Crippen LogP contribution in [0, 0.1) is 5.92 Å². The number of nitrogens with one attached hydrogen (secondary N) is 2. The molecule has 2 heterocycles. The van der Waals surface area contributed by atoms with E-state index < -0.39 is 79.4 Å². The van der Waals surface area contributed by atoms with Crippen LogP contribution in [0.2, 0.25) is 5.02 Å². The van der Waals surface area contributed by atoms with Crippen molar-refractivity contribution in [1.82, 2.24) is 14.5 Å². The second kappa shape index (κ2) is 27.3. The average molecular weight is 1180 g/mol. The number of anilines is 2. The molecular formula is C54H64ClF3N5O11PS3. The summed E-state index contributed by atoms with van der Waals surface area (Å²) in [5.41, 5.74) is -2.15. The molecular weight excluding hydrogens is 1110 g/mol. The number of piperazine rings is 1. The maximum Gasteiger partial charge on any atom is 0.510 e. The van der Waals surface area contributed by atoms with Gasteiger partial charge in [-0.1, -0.05) is 66.2 Å². The van der Waals surface area contributed by atoms with E-state index in [1.807, 2.05) is 71.5 Å². The van der Waals surface area contributed by atoms with Gasteiger partial charge in [-0.15, -0.1) is 11.8 Å². The van der Waals surface area contributed by atoms with Crippen molar-refractivity contribution in [2.75, 3.05) is 81.3 Å². The third kappa shape index (κ3) is 16.9. The largest absolute Gasteiger partial charge is 0.510 e. The third-order valence-electron chi connectivity index (χ3n) is 13.1. The molecule has 7 rings (SSSR count). The number of sulfone groups is 1. The van der Waals surface area contributed by atoms with Gasteiger partial charge < -0.3 is 29.1 Å². The van der Waals surface area contributed by atoms with E-state index in [9.17, 15) is 44.2 Å². The van der Waals surface area contributed by atoms with E-state index in [1.54, 1.807) is 32.9 Å². The topological polar surface area (TPSA) is 190 Å². The first-order valence-corrected chi connectivity index (χ1v) is 31.5. The predicted molar refractivity (Wildman–Crippen MR) is 296 cm³/mol. The predicted octanol–water partition coefficient (Wildman–Crippen LogP) is 11.2. The van der Waals surface area contributed by atoms with Crippen LogP contribution in [0.5, 0.6) is 0 Å². The van der Waals surface area contributed by atoms with Crippen LogP contribution in [-0.4, -0.2) is 127 Å². The molecule has 0 aliphatic carbocycles. The number of thioether (sulfide) groups is 1. The van der Waals surface area contributed by atoms with E-state index in [0.717, 1.165) is 53.5 Å². The van der Waals surface area contributed by atoms with Crippen LogP contribution in [0.1, 0.15) is 56.0 Å². The van der Waals surface area contributed by atoms with Crippen molar-refractivity contribution >= 4 is 74.3 Å². The van der Waals surface area contributed by atoms with E-state index in [4.69, 9.17) is 30.1 Å². The van der Waals surface area contributed by atoms with Crippen molar-refractivity contribution in [2.45, 2.75) is 78.9 Å². The molecule has 5 aromatic rings. The average Bonchev–Trinajstić information content (AvgIpc) is 3.45. The zero-order valence-corrected chi connectivity index (χ0v) is 47.5. The summed E-state index contributed by atoms with van der Waals surface area (Å²) in [5.74, 6) is -0.860. The fourth-order valence-electron chi connectivity index (χ4n) is 9.07. The van der Waals surface area contributed by atoms with Crippen LogP contribution >= 0.6 is 31.0 Å². The molecule has 1 unspecified atom stereocenters. The van der Waals surface area contributed by atoms with Gasteiger partial charge in [-0.05, 0) is 142 Å². The van der Waals surface area contributed by atoms with Crippen LogP contribution in [0.3, 0.4) is 0 Å². The lowest BCUT2D eigenvalue weighted by molar-refractivity contribution is -0.0436. The highest BCUT2D eigenvalue weighted by Gasteiger charge is 2.48. The Morgan fingerprint density at radius 1 is 0.821 bits per heavy atom. The van der Waals surface area contributed by atoms with E-state index in [2.05, 4.69) is 32.1 Å². The Balaban J connectivity index is 0.986. The Kier molecular flexibility index (Phi) is 21.2. The van der Waals surface area contributed by atoms with Crippen molar-refractivity contribution in [3.63, 3.8) is 0 Å². The zero-order valence-electron chi connectivity index (χ0n) is 43.4. The standard InChI is InChI=1S/C54H64ClF3N5O11PS3/c1-4-72-75(66,73-38-71-53(65)74-39(2)3)36-40-24-27-61(28-25-40)29-26-45(37-76-47-11-6-5-7-12-47)59-50-23-22-48(34-51(50)77(67,68)54(56,57)58)78(69,70)60-52(64)42-16-20-46(21-17-42)63-32-30-62(31-33-63)35-43-10-8-9-13-49(43)41-14-18-44(55)19-15-41/h5-23,34,39-40,45,59H,4,24-33,35-38H2,1-3H3,(H,60,64)/t45-,75?/m1/s1. The SMILES string of the molecule is CCOP(=O)(CC1CCN(CC[C@H](CSc2ccccc2)Nc2ccc(S(=O)(=O)NC(=O)c3ccc(N4CCN(Cc5ccccc5-c5ccc(Cl)cc5)CC4)cc3)cc2S(=O)(=O)C(F)(F)F)CC1)OCOC(=O)OC(C)C. The maximum atomic E-state index is 14.4. The summed E-state index contributed by atoms with van der Waals surface area (Å²) < 4.78 is 133. The number of sulfonamides is 1. The number of hydrogen-bond acceptors (Lipinski definition) is 16. The molecule has 5 aromatic carbocycles. The highest BCUT2D eigenvalue weighted by atomic mass is 35.5. The Morgan fingerprint density at radius 2 is 1.49 bits per heavy atom. The van der Waals surface area contributed by atoms with E-state index in [-0.39, 0.29) is 30.0 Å². The quantitative estimate of drug-likeness (QED) is 0.0256. The van der Waals surface area contributed by atoms with Crippen LogP contribution in [0.25, 0.3) is 11.1 Å². The number of nitrogens with zero attached hydrogens (tertiary/aromatic N) is 3. The lowest BCUT2D eigenvalue weighted by Gasteiger charge is -2.36. The first-order valence-electron chi connectivity index (χ1n) is 25.4. The summed E-state index contributed by atoms with van der Waals surface area (Å²) >= 11 is 7.52. The number of amides is 1. The molecule has 2 aliphatic rings. The molecule has 2 fully saturated rings. The van der Waals surface area contributed by atoms with Gasteiger partial charge in [0, 0.05) is 72.2 Å². The van der Waals surface area contributed by atoms with Gasteiger partial charge in [0.25, 0.3) is 25.8 Å². The van der Waals surface area contributed by atoms with Crippen LogP contribution in [-0.2, 0) is 49.5 Å². The lowest BCUT2D eigenvalue weighted by Crippen LogP contribution is -2.46. The van der Waals surface area contributed by atoms with Gasteiger partial charge in [-0.25, -0.2) is 26.4 Å². The smallest absolute Gasteiger partial charge is 0.432 e. The molecule has 0 spiro atoms. The second-order valence-corrected chi connectivity index (χ2v) is 26.3. The first-order chi connectivity index (χ1) is 37.1. The van der Waals surface area contributed by atoms with Gasteiger partial charge in [0.05, 0.1) is 29.5 Å². The van der Waals surface area contributed by atoms with Crippen LogP contribution < -0.4 is 14.9 Å². The zero-order chi connectivity index (χ0) is 56.1. The molecule has 24 heteroatoms. The van der Waals surface area contributed by atoms with Crippen molar-refractivity contribution in [1.29, 1.82) is 0 Å². The Morgan fingerprint density at radius 3 is 2.14 bits per heavy atom. The number of halogens is 4. The van der Waals surface area contributed by atoms with E-state index in [0.29, 0.717) is 63.1 Å². The Labute approximate surface area is 463 Å². The molecule has 2 aliphatic heterocycles. The summed E-state index contributed by atoms with van der Waals surface area (Å²) in [6.45, 7) is 9.61. The molecule has 0 aromatic heterocycles. The molecule has 0 bridgehead atoms. The van der Waals surface area contributed by atoms with Crippen molar-refractivity contribution < 1.29 is 62.7 Å². The number of carbonyl (C=O) groups is 2. The highest BCUT2D eigenvalue weighted by molar-refractivity contribution is 7.99. The van der Waals surface area contributed by atoms with Crippen LogP contribution in [0.15, 0.2) is 136 Å². The van der Waals surface area contributed by atoms with Crippen molar-refractivity contribution in [3.05, 3.63) is 137 Å². The minimum absolute atomic E-state index is 0.0450. The number of hydrogen-bond donors (Lipinski definition) is 2. The minimum Gasteiger partial charge on any atom is -0.432 e.